The van der Waals surface area contributed by atoms with E-state index in [0.29, 0.717) is 11.4 Å². The predicted octanol–water partition coefficient (Wildman–Crippen LogP) is 2.65. The number of benzene rings is 1. The van der Waals surface area contributed by atoms with Crippen LogP contribution in [-0.2, 0) is 10.0 Å². The molecule has 0 bridgehead atoms. The van der Waals surface area contributed by atoms with Crippen molar-refractivity contribution in [2.45, 2.75) is 45.9 Å². The Labute approximate surface area is 171 Å². The second-order valence-electron chi connectivity index (χ2n) is 6.80. The minimum Gasteiger partial charge on any atom is -0.314 e. The fourth-order valence-electron chi connectivity index (χ4n) is 3.38. The van der Waals surface area contributed by atoms with E-state index >= 15 is 0 Å². The highest BCUT2D eigenvalue weighted by Crippen LogP contribution is 2.29. The van der Waals surface area contributed by atoms with Gasteiger partial charge in [0.2, 0.25) is 10.0 Å². The lowest BCUT2D eigenvalue weighted by atomic mass is 9.95. The third-order valence-corrected chi connectivity index (χ3v) is 7.09. The Morgan fingerprint density at radius 2 is 1.35 bits per heavy atom. The Hall–Kier alpha value is -0.370. The maximum Gasteiger partial charge on any atom is 0.241 e. The van der Waals surface area contributed by atoms with E-state index in [9.17, 15) is 8.42 Å². The first-order valence-corrected chi connectivity index (χ1v) is 10.2. The molecule has 0 atom stereocenters. The zero-order valence-electron chi connectivity index (χ0n) is 16.4. The summed E-state index contributed by atoms with van der Waals surface area (Å²) in [6, 6.07) is 0. The van der Waals surface area contributed by atoms with Gasteiger partial charge in [-0.1, -0.05) is 0 Å². The fourth-order valence-corrected chi connectivity index (χ4v) is 5.05. The molecule has 26 heavy (non-hydrogen) atoms. The fraction of sp³-hybridized carbons (Fsp3) is 0.667. The summed E-state index contributed by atoms with van der Waals surface area (Å²) in [6.45, 7) is 15.4. The molecule has 0 aliphatic carbocycles. The quantitative estimate of drug-likeness (QED) is 0.687. The number of rotatable bonds is 6. The van der Waals surface area contributed by atoms with E-state index < -0.39 is 10.0 Å². The third-order valence-electron chi connectivity index (χ3n) is 5.35. The van der Waals surface area contributed by atoms with Crippen molar-refractivity contribution in [1.29, 1.82) is 0 Å². The van der Waals surface area contributed by atoms with Gasteiger partial charge in [-0.15, -0.1) is 24.8 Å². The summed E-state index contributed by atoms with van der Waals surface area (Å²) < 4.78 is 28.4. The molecule has 1 aromatic rings. The smallest absolute Gasteiger partial charge is 0.241 e. The molecule has 0 unspecified atom stereocenters. The van der Waals surface area contributed by atoms with Gasteiger partial charge in [-0.25, -0.2) is 13.1 Å². The number of hydrogen-bond donors (Lipinski definition) is 2. The third kappa shape index (κ3) is 5.81. The summed E-state index contributed by atoms with van der Waals surface area (Å²) in [4.78, 5) is 2.84. The van der Waals surface area contributed by atoms with Crippen LogP contribution in [0.3, 0.4) is 0 Å². The van der Waals surface area contributed by atoms with Crippen LogP contribution in [0.1, 0.15) is 34.2 Å². The first-order valence-electron chi connectivity index (χ1n) is 8.75. The molecule has 2 rings (SSSR count). The van der Waals surface area contributed by atoms with Crippen molar-refractivity contribution in [2.75, 3.05) is 39.3 Å². The van der Waals surface area contributed by atoms with Crippen molar-refractivity contribution in [3.8, 4) is 0 Å². The molecule has 152 valence electrons. The van der Waals surface area contributed by atoms with Gasteiger partial charge < -0.3 is 10.2 Å². The van der Waals surface area contributed by atoms with Gasteiger partial charge in [-0.05, 0) is 75.4 Å². The SMILES string of the molecule is Cc1c(C)c(C)c(S(=O)(=O)NCCCN2CCNCC2)c(C)c1C.Cl.Cl. The van der Waals surface area contributed by atoms with Crippen molar-refractivity contribution in [1.82, 2.24) is 14.9 Å². The summed E-state index contributed by atoms with van der Waals surface area (Å²) in [5.41, 5.74) is 5.05. The van der Waals surface area contributed by atoms with E-state index in [1.807, 2.05) is 27.7 Å². The Kier molecular flexibility index (Phi) is 10.7. The summed E-state index contributed by atoms with van der Waals surface area (Å²) in [6.07, 6.45) is 0.834. The highest BCUT2D eigenvalue weighted by molar-refractivity contribution is 7.89. The molecular formula is C18H33Cl2N3O2S. The molecule has 1 saturated heterocycles. The van der Waals surface area contributed by atoms with Crippen molar-refractivity contribution >= 4 is 34.8 Å². The van der Waals surface area contributed by atoms with Gasteiger partial charge in [-0.2, -0.15) is 0 Å². The molecule has 0 saturated carbocycles. The Bertz CT molecular complexity index is 674. The molecule has 1 heterocycles. The maximum atomic E-state index is 12.8. The normalized spacial score (nSPS) is 15.3. The minimum absolute atomic E-state index is 0. The zero-order chi connectivity index (χ0) is 17.9. The number of hydrogen-bond acceptors (Lipinski definition) is 4. The molecule has 0 spiro atoms. The molecule has 2 N–H and O–H groups in total. The van der Waals surface area contributed by atoms with Crippen molar-refractivity contribution in [3.05, 3.63) is 27.8 Å². The Balaban J connectivity index is 0.00000312. The molecule has 5 nitrogen and oxygen atoms in total. The molecule has 1 fully saturated rings. The topological polar surface area (TPSA) is 61.4 Å². The number of piperazine rings is 1. The second kappa shape index (κ2) is 10.8. The van der Waals surface area contributed by atoms with Gasteiger partial charge in [-0.3, -0.25) is 0 Å². The van der Waals surface area contributed by atoms with Crippen LogP contribution in [0.5, 0.6) is 0 Å². The summed E-state index contributed by atoms with van der Waals surface area (Å²) >= 11 is 0. The predicted molar refractivity (Wildman–Crippen MR) is 114 cm³/mol. The van der Waals surface area contributed by atoms with Crippen LogP contribution < -0.4 is 10.0 Å². The van der Waals surface area contributed by atoms with Crippen LogP contribution in [0.4, 0.5) is 0 Å². The number of nitrogens with one attached hydrogen (secondary N) is 2. The lowest BCUT2D eigenvalue weighted by Gasteiger charge is -2.27. The second-order valence-corrected chi connectivity index (χ2v) is 8.50. The lowest BCUT2D eigenvalue weighted by molar-refractivity contribution is 0.239. The number of halogens is 2. The average Bonchev–Trinajstić information content (AvgIpc) is 2.56. The zero-order valence-corrected chi connectivity index (χ0v) is 18.9. The van der Waals surface area contributed by atoms with Crippen LogP contribution in [0.2, 0.25) is 0 Å². The Morgan fingerprint density at radius 3 is 1.85 bits per heavy atom. The summed E-state index contributed by atoms with van der Waals surface area (Å²) in [5.74, 6) is 0. The van der Waals surface area contributed by atoms with Gasteiger partial charge in [0.25, 0.3) is 0 Å². The van der Waals surface area contributed by atoms with E-state index in [4.69, 9.17) is 0 Å². The molecule has 1 aliphatic rings. The van der Waals surface area contributed by atoms with Crippen LogP contribution in [0, 0.1) is 34.6 Å². The first kappa shape index (κ1) is 25.6. The summed E-state index contributed by atoms with van der Waals surface area (Å²) in [5, 5.41) is 3.33. The van der Waals surface area contributed by atoms with Crippen molar-refractivity contribution in [3.63, 3.8) is 0 Å². The lowest BCUT2D eigenvalue weighted by Crippen LogP contribution is -2.44. The minimum atomic E-state index is -3.47. The van der Waals surface area contributed by atoms with Gasteiger partial charge in [0.05, 0.1) is 4.90 Å². The van der Waals surface area contributed by atoms with Gasteiger partial charge in [0, 0.05) is 32.7 Å². The highest BCUT2D eigenvalue weighted by Gasteiger charge is 2.23. The van der Waals surface area contributed by atoms with Crippen LogP contribution in [0.25, 0.3) is 0 Å². The van der Waals surface area contributed by atoms with E-state index in [2.05, 4.69) is 21.9 Å². The van der Waals surface area contributed by atoms with Gasteiger partial charge in [0.1, 0.15) is 0 Å². The highest BCUT2D eigenvalue weighted by atomic mass is 35.5. The van der Waals surface area contributed by atoms with E-state index in [0.717, 1.165) is 61.4 Å². The standard InChI is InChI=1S/C18H31N3O2S.2ClH/c1-13-14(2)16(4)18(17(5)15(13)3)24(22,23)20-7-6-10-21-11-8-19-9-12-21;;/h19-20H,6-12H2,1-5H3;2*1H. The Morgan fingerprint density at radius 1 is 0.885 bits per heavy atom. The molecule has 0 aromatic heterocycles. The van der Waals surface area contributed by atoms with Crippen LogP contribution in [-0.4, -0.2) is 52.6 Å². The van der Waals surface area contributed by atoms with E-state index in [1.54, 1.807) is 0 Å². The van der Waals surface area contributed by atoms with Crippen LogP contribution in [0.15, 0.2) is 4.90 Å². The number of nitrogens with zero attached hydrogens (tertiary/aromatic N) is 1. The molecule has 1 aromatic carbocycles. The van der Waals surface area contributed by atoms with Gasteiger partial charge >= 0.3 is 0 Å². The molecule has 0 radical (unpaired) electrons. The molecule has 8 heteroatoms. The van der Waals surface area contributed by atoms with Crippen molar-refractivity contribution in [2.24, 2.45) is 0 Å². The maximum absolute atomic E-state index is 12.8. The first-order chi connectivity index (χ1) is 11.3. The largest absolute Gasteiger partial charge is 0.314 e. The number of sulfonamides is 1. The monoisotopic (exact) mass is 425 g/mol. The molecule has 0 amide bonds. The summed E-state index contributed by atoms with van der Waals surface area (Å²) in [7, 11) is -3.47. The molecule has 1 aliphatic heterocycles. The van der Waals surface area contributed by atoms with Crippen molar-refractivity contribution < 1.29 is 8.42 Å². The molecular weight excluding hydrogens is 393 g/mol. The average molecular weight is 426 g/mol. The van der Waals surface area contributed by atoms with Gasteiger partial charge in [0.15, 0.2) is 0 Å². The van der Waals surface area contributed by atoms with E-state index in [-0.39, 0.29) is 24.8 Å². The van der Waals surface area contributed by atoms with Crippen LogP contribution >= 0.6 is 24.8 Å². The van der Waals surface area contributed by atoms with E-state index in [1.165, 1.54) is 5.56 Å².